The molecule has 1 fully saturated rings. The van der Waals surface area contributed by atoms with Gasteiger partial charge in [0.1, 0.15) is 12.1 Å². The lowest BCUT2D eigenvalue weighted by atomic mass is 10.1. The Labute approximate surface area is 104 Å². The molecule has 18 heavy (non-hydrogen) atoms. The highest BCUT2D eigenvalue weighted by molar-refractivity contribution is 5.52. The third-order valence-corrected chi connectivity index (χ3v) is 2.97. The first-order valence-electron chi connectivity index (χ1n) is 5.81. The molecule has 0 saturated carbocycles. The molecule has 0 amide bonds. The minimum absolute atomic E-state index is 0.214. The smallest absolute Gasteiger partial charge is 0.226 e. The molecule has 1 aromatic heterocycles. The summed E-state index contributed by atoms with van der Waals surface area (Å²) >= 11 is 0. The average molecular weight is 248 g/mol. The van der Waals surface area contributed by atoms with Crippen molar-refractivity contribution in [2.45, 2.75) is 12.6 Å². The number of halogens is 1. The number of aliphatic hydroxyl groups excluding tert-OH is 1. The highest BCUT2D eigenvalue weighted by Crippen LogP contribution is 2.20. The van der Waals surface area contributed by atoms with Crippen LogP contribution in [0.25, 0.3) is 11.5 Å². The van der Waals surface area contributed by atoms with E-state index in [0.717, 1.165) is 11.3 Å². The normalized spacial score (nSPS) is 16.8. The van der Waals surface area contributed by atoms with Gasteiger partial charge in [0, 0.05) is 25.2 Å². The Morgan fingerprint density at radius 3 is 2.72 bits per heavy atom. The summed E-state index contributed by atoms with van der Waals surface area (Å²) in [5.41, 5.74) is 1.58. The van der Waals surface area contributed by atoms with E-state index >= 15 is 0 Å². The van der Waals surface area contributed by atoms with E-state index in [0.29, 0.717) is 25.5 Å². The standard InChI is InChI=1S/C13H13FN2O2/c14-10-3-1-9(2-4-10)13-15-11(8-18-13)5-16-6-12(17)7-16/h1-4,8,12,17H,5-7H2. The zero-order chi connectivity index (χ0) is 12.5. The summed E-state index contributed by atoms with van der Waals surface area (Å²) in [4.78, 5) is 6.42. The number of β-amino-alcohol motifs (C(OH)–C–C–N with tert-alkyl or cyclic N) is 1. The van der Waals surface area contributed by atoms with Crippen LogP contribution in [0.4, 0.5) is 4.39 Å². The highest BCUT2D eigenvalue weighted by atomic mass is 19.1. The third kappa shape index (κ3) is 2.27. The summed E-state index contributed by atoms with van der Waals surface area (Å²) in [5, 5.41) is 9.18. The van der Waals surface area contributed by atoms with Crippen molar-refractivity contribution >= 4 is 0 Å². The van der Waals surface area contributed by atoms with Crippen LogP contribution in [0.5, 0.6) is 0 Å². The van der Waals surface area contributed by atoms with Crippen LogP contribution in [-0.2, 0) is 6.54 Å². The lowest BCUT2D eigenvalue weighted by Gasteiger charge is -2.34. The van der Waals surface area contributed by atoms with Gasteiger partial charge in [-0.2, -0.15) is 0 Å². The van der Waals surface area contributed by atoms with Crippen molar-refractivity contribution in [1.29, 1.82) is 0 Å². The SMILES string of the molecule is OC1CN(Cc2coc(-c3ccc(F)cc3)n2)C1. The van der Waals surface area contributed by atoms with Crippen molar-refractivity contribution in [2.24, 2.45) is 0 Å². The Hall–Kier alpha value is -1.72. The summed E-state index contributed by atoms with van der Waals surface area (Å²) < 4.78 is 18.2. The van der Waals surface area contributed by atoms with Crippen LogP contribution in [0.15, 0.2) is 34.9 Å². The fraction of sp³-hybridized carbons (Fsp3) is 0.308. The van der Waals surface area contributed by atoms with Crippen molar-refractivity contribution in [1.82, 2.24) is 9.88 Å². The van der Waals surface area contributed by atoms with Crippen LogP contribution >= 0.6 is 0 Å². The first-order valence-corrected chi connectivity index (χ1v) is 5.81. The number of nitrogens with zero attached hydrogens (tertiary/aromatic N) is 2. The maximum Gasteiger partial charge on any atom is 0.226 e. The van der Waals surface area contributed by atoms with E-state index in [2.05, 4.69) is 9.88 Å². The highest BCUT2D eigenvalue weighted by Gasteiger charge is 2.25. The molecule has 0 aliphatic carbocycles. The fourth-order valence-corrected chi connectivity index (χ4v) is 2.01. The second kappa shape index (κ2) is 4.51. The first-order chi connectivity index (χ1) is 8.70. The number of hydrogen-bond acceptors (Lipinski definition) is 4. The minimum Gasteiger partial charge on any atom is -0.444 e. The molecule has 1 aliphatic rings. The number of aromatic nitrogens is 1. The molecular formula is C13H13FN2O2. The number of oxazole rings is 1. The van der Waals surface area contributed by atoms with Crippen molar-refractivity contribution in [2.75, 3.05) is 13.1 Å². The Morgan fingerprint density at radius 2 is 2.06 bits per heavy atom. The average Bonchev–Trinajstić information content (AvgIpc) is 2.77. The maximum absolute atomic E-state index is 12.8. The Morgan fingerprint density at radius 1 is 1.33 bits per heavy atom. The summed E-state index contributed by atoms with van der Waals surface area (Å²) in [6.07, 6.45) is 1.39. The van der Waals surface area contributed by atoms with Crippen LogP contribution in [0.2, 0.25) is 0 Å². The van der Waals surface area contributed by atoms with E-state index in [1.54, 1.807) is 18.4 Å². The minimum atomic E-state index is -0.278. The molecule has 1 aliphatic heterocycles. The number of likely N-dealkylation sites (tertiary alicyclic amines) is 1. The van der Waals surface area contributed by atoms with Gasteiger partial charge in [-0.15, -0.1) is 0 Å². The molecule has 3 rings (SSSR count). The van der Waals surface area contributed by atoms with Crippen molar-refractivity contribution in [3.8, 4) is 11.5 Å². The second-order valence-corrected chi connectivity index (χ2v) is 4.50. The van der Waals surface area contributed by atoms with Gasteiger partial charge in [-0.05, 0) is 24.3 Å². The van der Waals surface area contributed by atoms with Crippen LogP contribution in [0.1, 0.15) is 5.69 Å². The van der Waals surface area contributed by atoms with Crippen molar-refractivity contribution in [3.05, 3.63) is 42.0 Å². The Kier molecular flexibility index (Phi) is 2.85. The summed E-state index contributed by atoms with van der Waals surface area (Å²) in [6.45, 7) is 2.03. The van der Waals surface area contributed by atoms with Gasteiger partial charge in [0.25, 0.3) is 0 Å². The van der Waals surface area contributed by atoms with Gasteiger partial charge in [-0.25, -0.2) is 9.37 Å². The van der Waals surface area contributed by atoms with E-state index < -0.39 is 0 Å². The van der Waals surface area contributed by atoms with Gasteiger partial charge in [0.2, 0.25) is 5.89 Å². The fourth-order valence-electron chi connectivity index (χ4n) is 2.01. The Balaban J connectivity index is 1.71. The first kappa shape index (κ1) is 11.4. The number of benzene rings is 1. The molecule has 94 valence electrons. The third-order valence-electron chi connectivity index (χ3n) is 2.97. The molecule has 0 bridgehead atoms. The predicted octanol–water partition coefficient (Wildman–Crippen LogP) is 1.66. The predicted molar refractivity (Wildman–Crippen MR) is 63.2 cm³/mol. The van der Waals surface area contributed by atoms with E-state index in [-0.39, 0.29) is 11.9 Å². The lowest BCUT2D eigenvalue weighted by molar-refractivity contribution is -0.00355. The van der Waals surface area contributed by atoms with E-state index in [9.17, 15) is 9.50 Å². The molecule has 0 radical (unpaired) electrons. The summed E-state index contributed by atoms with van der Waals surface area (Å²) in [7, 11) is 0. The van der Waals surface area contributed by atoms with Gasteiger partial charge in [0.15, 0.2) is 0 Å². The molecule has 5 heteroatoms. The molecule has 4 nitrogen and oxygen atoms in total. The zero-order valence-electron chi connectivity index (χ0n) is 9.71. The van der Waals surface area contributed by atoms with Crippen LogP contribution < -0.4 is 0 Å². The van der Waals surface area contributed by atoms with Crippen molar-refractivity contribution < 1.29 is 13.9 Å². The number of aliphatic hydroxyl groups is 1. The molecule has 0 spiro atoms. The van der Waals surface area contributed by atoms with Crippen LogP contribution in [-0.4, -0.2) is 34.2 Å². The quantitative estimate of drug-likeness (QED) is 0.897. The topological polar surface area (TPSA) is 49.5 Å². The lowest BCUT2D eigenvalue weighted by Crippen LogP contribution is -2.49. The molecule has 1 N–H and O–H groups in total. The molecule has 2 heterocycles. The van der Waals surface area contributed by atoms with Crippen LogP contribution in [0, 0.1) is 5.82 Å². The largest absolute Gasteiger partial charge is 0.444 e. The molecule has 0 unspecified atom stereocenters. The maximum atomic E-state index is 12.8. The molecule has 2 aromatic rings. The zero-order valence-corrected chi connectivity index (χ0v) is 9.71. The van der Waals surface area contributed by atoms with E-state index in [1.165, 1.54) is 12.1 Å². The molecular weight excluding hydrogens is 235 g/mol. The van der Waals surface area contributed by atoms with Gasteiger partial charge >= 0.3 is 0 Å². The Bertz CT molecular complexity index is 532. The van der Waals surface area contributed by atoms with E-state index in [1.807, 2.05) is 0 Å². The second-order valence-electron chi connectivity index (χ2n) is 4.50. The van der Waals surface area contributed by atoms with Gasteiger partial charge in [-0.1, -0.05) is 0 Å². The van der Waals surface area contributed by atoms with Gasteiger partial charge < -0.3 is 9.52 Å². The van der Waals surface area contributed by atoms with Gasteiger partial charge in [-0.3, -0.25) is 4.90 Å². The number of hydrogen-bond donors (Lipinski definition) is 1. The van der Waals surface area contributed by atoms with Crippen LogP contribution in [0.3, 0.4) is 0 Å². The molecule has 1 saturated heterocycles. The van der Waals surface area contributed by atoms with Crippen molar-refractivity contribution in [3.63, 3.8) is 0 Å². The van der Waals surface area contributed by atoms with Gasteiger partial charge in [0.05, 0.1) is 11.8 Å². The summed E-state index contributed by atoms with van der Waals surface area (Å²) in [5.74, 6) is 0.214. The monoisotopic (exact) mass is 248 g/mol. The molecule has 0 atom stereocenters. The number of rotatable bonds is 3. The molecule has 1 aromatic carbocycles. The van der Waals surface area contributed by atoms with E-state index in [4.69, 9.17) is 4.42 Å². The summed E-state index contributed by atoms with van der Waals surface area (Å²) in [6, 6.07) is 6.03.